The molecule has 0 aliphatic carbocycles. The van der Waals surface area contributed by atoms with Crippen LogP contribution in [0.1, 0.15) is 26.7 Å². The summed E-state index contributed by atoms with van der Waals surface area (Å²) in [6, 6.07) is 0. The van der Waals surface area contributed by atoms with Gasteiger partial charge in [-0.15, -0.1) is 0 Å². The van der Waals surface area contributed by atoms with E-state index in [1.54, 1.807) is 13.8 Å². The summed E-state index contributed by atoms with van der Waals surface area (Å²) in [6.45, 7) is 5.74. The molecule has 3 aliphatic heterocycles. The molecule has 3 rings (SSSR count). The highest BCUT2D eigenvalue weighted by Crippen LogP contribution is 2.03. The molecule has 0 N–H and O–H groups in total. The van der Waals surface area contributed by atoms with Crippen LogP contribution in [0, 0.1) is 0 Å². The Morgan fingerprint density at radius 3 is 1.53 bits per heavy atom. The van der Waals surface area contributed by atoms with Crippen molar-refractivity contribution >= 4 is 30.6 Å². The lowest BCUT2D eigenvalue weighted by Crippen LogP contribution is -2.02. The van der Waals surface area contributed by atoms with Crippen molar-refractivity contribution in [1.29, 1.82) is 0 Å². The molecule has 0 bridgehead atoms. The first kappa shape index (κ1) is 30.7. The Hall–Kier alpha value is -3.45. The van der Waals surface area contributed by atoms with Gasteiger partial charge in [0.05, 0.1) is 34.5 Å². The Bertz CT molecular complexity index is 511. The molecule has 0 spiro atoms. The molecule has 3 aliphatic rings. The molecule has 1 atom stereocenters. The van der Waals surface area contributed by atoms with E-state index in [-0.39, 0.29) is 12.1 Å². The van der Waals surface area contributed by atoms with Gasteiger partial charge in [0.1, 0.15) is 25.9 Å². The minimum atomic E-state index is -0.657. The second-order valence-corrected chi connectivity index (χ2v) is 5.31. The van der Waals surface area contributed by atoms with Crippen molar-refractivity contribution in [2.45, 2.75) is 32.8 Å². The molecular weight excluding hydrogens is 440 g/mol. The van der Waals surface area contributed by atoms with Crippen LogP contribution in [0.25, 0.3) is 0 Å². The second kappa shape index (κ2) is 20.8. The van der Waals surface area contributed by atoms with E-state index in [4.69, 9.17) is 0 Å². The van der Waals surface area contributed by atoms with Gasteiger partial charge in [-0.25, -0.2) is 19.2 Å². The highest BCUT2D eigenvalue weighted by Gasteiger charge is 2.19. The van der Waals surface area contributed by atoms with Gasteiger partial charge in [-0.1, -0.05) is 0 Å². The Balaban J connectivity index is 0. The highest BCUT2D eigenvalue weighted by molar-refractivity contribution is 5.70. The van der Waals surface area contributed by atoms with Gasteiger partial charge in [0, 0.05) is 6.42 Å². The van der Waals surface area contributed by atoms with Crippen LogP contribution in [0.3, 0.4) is 0 Å². The van der Waals surface area contributed by atoms with E-state index in [0.29, 0.717) is 39.5 Å². The predicted molar refractivity (Wildman–Crippen MR) is 103 cm³/mol. The first-order valence-corrected chi connectivity index (χ1v) is 9.31. The van der Waals surface area contributed by atoms with Gasteiger partial charge < -0.3 is 42.6 Å². The van der Waals surface area contributed by atoms with E-state index in [1.165, 1.54) is 21.3 Å². The minimum absolute atomic E-state index is 0.0463. The molecule has 3 fully saturated rings. The summed E-state index contributed by atoms with van der Waals surface area (Å²) >= 11 is 0. The second-order valence-electron chi connectivity index (χ2n) is 5.31. The maximum atomic E-state index is 10.0. The van der Waals surface area contributed by atoms with E-state index in [0.717, 1.165) is 6.42 Å². The maximum Gasteiger partial charge on any atom is 0.508 e. The van der Waals surface area contributed by atoms with E-state index in [9.17, 15) is 24.0 Å². The topological polar surface area (TPSA) is 168 Å². The number of ether oxygens (including phenoxy) is 9. The fourth-order valence-corrected chi connectivity index (χ4v) is 1.44. The first-order valence-electron chi connectivity index (χ1n) is 9.31. The summed E-state index contributed by atoms with van der Waals surface area (Å²) < 4.78 is 38.5. The number of methoxy groups -OCH3 is 3. The number of esters is 1. The van der Waals surface area contributed by atoms with Crippen LogP contribution in [0.4, 0.5) is 19.2 Å². The molecule has 0 aromatic rings. The zero-order valence-electron chi connectivity index (χ0n) is 18.7. The van der Waals surface area contributed by atoms with Crippen molar-refractivity contribution < 1.29 is 66.6 Å². The zero-order chi connectivity index (χ0) is 24.8. The molecule has 0 radical (unpaired) electrons. The molecular formula is C18H30O14. The zero-order valence-corrected chi connectivity index (χ0v) is 18.7. The monoisotopic (exact) mass is 470 g/mol. The quantitative estimate of drug-likeness (QED) is 0.403. The van der Waals surface area contributed by atoms with Crippen molar-refractivity contribution in [3.8, 4) is 0 Å². The molecule has 14 nitrogen and oxygen atoms in total. The minimum Gasteiger partial charge on any atom is -0.466 e. The number of cyclic esters (lactones) is 5. The Labute approximate surface area is 185 Å². The van der Waals surface area contributed by atoms with Gasteiger partial charge in [0.15, 0.2) is 0 Å². The molecule has 0 saturated carbocycles. The molecule has 3 saturated heterocycles. The number of carbonyl (C=O) groups excluding carboxylic acids is 5. The van der Waals surface area contributed by atoms with E-state index < -0.39 is 24.6 Å². The van der Waals surface area contributed by atoms with Gasteiger partial charge in [0.2, 0.25) is 0 Å². The van der Waals surface area contributed by atoms with Gasteiger partial charge in [-0.3, -0.25) is 4.79 Å². The number of rotatable bonds is 1. The van der Waals surface area contributed by atoms with Gasteiger partial charge in [-0.05, 0) is 20.3 Å². The Kier molecular flexibility index (Phi) is 20.0. The maximum absolute atomic E-state index is 10.0. The van der Waals surface area contributed by atoms with E-state index >= 15 is 0 Å². The van der Waals surface area contributed by atoms with Crippen molar-refractivity contribution in [2.24, 2.45) is 0 Å². The highest BCUT2D eigenvalue weighted by atomic mass is 16.8. The third-order valence-corrected chi connectivity index (χ3v) is 2.81. The number of hydrogen-bond donors (Lipinski definition) is 0. The van der Waals surface area contributed by atoms with Crippen LogP contribution in [-0.4, -0.2) is 91.1 Å². The predicted octanol–water partition coefficient (Wildman–Crippen LogP) is 2.21. The van der Waals surface area contributed by atoms with Crippen LogP contribution in [0.5, 0.6) is 0 Å². The van der Waals surface area contributed by atoms with Crippen LogP contribution >= 0.6 is 0 Å². The van der Waals surface area contributed by atoms with Crippen LogP contribution in [0.2, 0.25) is 0 Å². The third kappa shape index (κ3) is 21.3. The Morgan fingerprint density at radius 1 is 0.844 bits per heavy atom. The lowest BCUT2D eigenvalue weighted by atomic mass is 10.4. The first-order chi connectivity index (χ1) is 15.2. The molecule has 0 aromatic heterocycles. The average Bonchev–Trinajstić information content (AvgIpc) is 3.54. The van der Waals surface area contributed by atoms with Crippen LogP contribution in [0.15, 0.2) is 0 Å². The summed E-state index contributed by atoms with van der Waals surface area (Å²) in [4.78, 5) is 49.5. The largest absolute Gasteiger partial charge is 0.508 e. The summed E-state index contributed by atoms with van der Waals surface area (Å²) in [5.74, 6) is -0.0463. The Morgan fingerprint density at radius 2 is 1.41 bits per heavy atom. The standard InChI is InChI=1S/C4H6O3.C4H8O3.C4H6O2.C3H4O3.C3H6O3/c1-3-2-6-4(5)7-3;1-3-7-4(5)6-2;5-4-2-1-3-6-4;4-3-5-1-2-6-3;1-5-3(4)6-2/h3H,2H2,1H3;3H2,1-2H3;1-3H2;1-2H2;1-2H3. The lowest BCUT2D eigenvalue weighted by molar-refractivity contribution is -0.137. The summed E-state index contributed by atoms with van der Waals surface area (Å²) in [6.07, 6.45) is -0.883. The molecule has 0 amide bonds. The fraction of sp³-hybridized carbons (Fsp3) is 0.722. The molecule has 0 aromatic carbocycles. The molecule has 14 heteroatoms. The van der Waals surface area contributed by atoms with Gasteiger partial charge in [0.25, 0.3) is 0 Å². The smallest absolute Gasteiger partial charge is 0.466 e. The van der Waals surface area contributed by atoms with Crippen molar-refractivity contribution in [1.82, 2.24) is 0 Å². The average molecular weight is 470 g/mol. The molecule has 32 heavy (non-hydrogen) atoms. The normalized spacial score (nSPS) is 17.0. The van der Waals surface area contributed by atoms with Crippen LogP contribution < -0.4 is 0 Å². The number of hydrogen-bond acceptors (Lipinski definition) is 14. The number of carbonyl (C=O) groups is 5. The van der Waals surface area contributed by atoms with Crippen molar-refractivity contribution in [2.75, 3.05) is 54.4 Å². The third-order valence-electron chi connectivity index (χ3n) is 2.81. The van der Waals surface area contributed by atoms with Crippen molar-refractivity contribution in [3.63, 3.8) is 0 Å². The van der Waals surface area contributed by atoms with E-state index in [1.807, 2.05) is 0 Å². The molecule has 1 unspecified atom stereocenters. The fourth-order valence-electron chi connectivity index (χ4n) is 1.44. The molecule has 186 valence electrons. The van der Waals surface area contributed by atoms with Gasteiger partial charge >= 0.3 is 30.6 Å². The van der Waals surface area contributed by atoms with Crippen molar-refractivity contribution in [3.05, 3.63) is 0 Å². The van der Waals surface area contributed by atoms with Gasteiger partial charge in [-0.2, -0.15) is 0 Å². The SMILES string of the molecule is CC1COC(=O)O1.CCOC(=O)OC.COC(=O)OC.O=C1CCCO1.O=C1OCCO1. The summed E-state index contributed by atoms with van der Waals surface area (Å²) in [5, 5.41) is 0. The summed E-state index contributed by atoms with van der Waals surface area (Å²) in [5.41, 5.74) is 0. The summed E-state index contributed by atoms with van der Waals surface area (Å²) in [7, 11) is 3.79. The van der Waals surface area contributed by atoms with Crippen LogP contribution in [-0.2, 0) is 47.4 Å². The molecule has 3 heterocycles. The van der Waals surface area contributed by atoms with E-state index in [2.05, 4.69) is 42.6 Å². The lowest BCUT2D eigenvalue weighted by Gasteiger charge is -1.94.